The number of nitrogens with zero attached hydrogens (tertiary/aromatic N) is 1. The first-order chi connectivity index (χ1) is 19.1. The molecule has 5 rings (SSSR count). The van der Waals surface area contributed by atoms with Crippen molar-refractivity contribution in [2.24, 2.45) is 11.3 Å². The molecular formula is C33H36N2O4S. The molecule has 0 aliphatic heterocycles. The first-order valence-corrected chi connectivity index (χ1v) is 14.6. The Morgan fingerprint density at radius 1 is 1.07 bits per heavy atom. The second kappa shape index (κ2) is 11.0. The van der Waals surface area contributed by atoms with E-state index >= 15 is 0 Å². The van der Waals surface area contributed by atoms with Gasteiger partial charge in [0.2, 0.25) is 0 Å². The summed E-state index contributed by atoms with van der Waals surface area (Å²) in [5.74, 6) is 0.506. The molecule has 6 nitrogen and oxygen atoms in total. The minimum Gasteiger partial charge on any atom is -0.490 e. The second-order valence-corrected chi connectivity index (χ2v) is 12.8. The normalized spacial score (nSPS) is 15.1. The van der Waals surface area contributed by atoms with Gasteiger partial charge in [0.1, 0.15) is 10.8 Å². The lowest BCUT2D eigenvalue weighted by molar-refractivity contribution is 0.0600. The first kappa shape index (κ1) is 27.8. The van der Waals surface area contributed by atoms with Crippen molar-refractivity contribution in [2.75, 3.05) is 12.4 Å². The van der Waals surface area contributed by atoms with Crippen molar-refractivity contribution in [2.45, 2.75) is 60.0 Å². The second-order valence-electron chi connectivity index (χ2n) is 11.7. The fraction of sp³-hybridized carbons (Fsp3) is 0.364. The molecule has 1 atom stereocenters. The number of methoxy groups -OCH3 is 1. The molecule has 2 aromatic carbocycles. The maximum Gasteiger partial charge on any atom is 0.341 e. The number of thiophene rings is 1. The van der Waals surface area contributed by atoms with Crippen molar-refractivity contribution >= 4 is 39.1 Å². The lowest BCUT2D eigenvalue weighted by atomic mass is 9.72. The molecule has 0 spiro atoms. The van der Waals surface area contributed by atoms with Gasteiger partial charge in [0, 0.05) is 15.8 Å². The molecule has 1 amide bonds. The van der Waals surface area contributed by atoms with Crippen LogP contribution in [0.3, 0.4) is 0 Å². The van der Waals surface area contributed by atoms with Crippen LogP contribution in [0.4, 0.5) is 5.00 Å². The molecule has 1 aliphatic rings. The summed E-state index contributed by atoms with van der Waals surface area (Å²) in [5, 5.41) is 4.37. The van der Waals surface area contributed by atoms with Crippen LogP contribution in [0.1, 0.15) is 72.2 Å². The fourth-order valence-electron chi connectivity index (χ4n) is 5.44. The molecule has 0 radical (unpaired) electrons. The first-order valence-electron chi connectivity index (χ1n) is 13.8. The highest BCUT2D eigenvalue weighted by Gasteiger charge is 2.34. The van der Waals surface area contributed by atoms with Crippen molar-refractivity contribution in [1.29, 1.82) is 0 Å². The van der Waals surface area contributed by atoms with Crippen LogP contribution < -0.4 is 10.1 Å². The monoisotopic (exact) mass is 556 g/mol. The number of amides is 1. The van der Waals surface area contributed by atoms with Crippen LogP contribution in [0.15, 0.2) is 54.6 Å². The highest BCUT2D eigenvalue weighted by atomic mass is 32.1. The lowest BCUT2D eigenvalue weighted by Gasteiger charge is -2.33. The number of pyridine rings is 1. The standard InChI is InChI=1S/C33H36N2O4S/c1-19(2)39-27-14-10-8-12-22(27)26-18-24(21-11-7-9-13-25(21)34-26)30(36)35-31-29(32(37)38-6)23-16-15-20(33(3,4)5)17-28(23)40-31/h7-14,18-20H,15-17H2,1-6H3,(H,35,36)/t20-/m0/s1. The lowest BCUT2D eigenvalue weighted by Crippen LogP contribution is -2.26. The Hall–Kier alpha value is -3.71. The zero-order chi connectivity index (χ0) is 28.6. The van der Waals surface area contributed by atoms with E-state index in [2.05, 4.69) is 26.1 Å². The molecule has 0 saturated carbocycles. The Morgan fingerprint density at radius 2 is 1.80 bits per heavy atom. The zero-order valence-corrected chi connectivity index (χ0v) is 24.8. The van der Waals surface area contributed by atoms with E-state index in [0.717, 1.165) is 40.7 Å². The Kier molecular flexibility index (Phi) is 7.69. The van der Waals surface area contributed by atoms with Crippen molar-refractivity contribution in [3.8, 4) is 17.0 Å². The number of para-hydroxylation sites is 2. The molecule has 0 bridgehead atoms. The average Bonchev–Trinajstić information content (AvgIpc) is 3.28. The quantitative estimate of drug-likeness (QED) is 0.244. The molecule has 2 heterocycles. The number of ether oxygens (including phenoxy) is 2. The van der Waals surface area contributed by atoms with Crippen LogP contribution in [0, 0.1) is 11.3 Å². The van der Waals surface area contributed by atoms with E-state index in [1.165, 1.54) is 18.4 Å². The summed E-state index contributed by atoms with van der Waals surface area (Å²) in [7, 11) is 1.39. The van der Waals surface area contributed by atoms with Gasteiger partial charge in [0.15, 0.2) is 0 Å². The van der Waals surface area contributed by atoms with Crippen LogP contribution in [0.2, 0.25) is 0 Å². The molecular weight excluding hydrogens is 520 g/mol. The van der Waals surface area contributed by atoms with E-state index < -0.39 is 5.97 Å². The number of fused-ring (bicyclic) bond motifs is 2. The third-order valence-electron chi connectivity index (χ3n) is 7.59. The van der Waals surface area contributed by atoms with Crippen LogP contribution >= 0.6 is 11.3 Å². The van der Waals surface area contributed by atoms with E-state index in [4.69, 9.17) is 14.5 Å². The molecule has 0 fully saturated rings. The van der Waals surface area contributed by atoms with Crippen molar-refractivity contribution in [1.82, 2.24) is 4.98 Å². The van der Waals surface area contributed by atoms with Gasteiger partial charge < -0.3 is 14.8 Å². The largest absolute Gasteiger partial charge is 0.490 e. The number of carbonyl (C=O) groups excluding carboxylic acids is 2. The SMILES string of the molecule is COC(=O)c1c(NC(=O)c2cc(-c3ccccc3OC(C)C)nc3ccccc23)sc2c1CC[C@H](C(C)(C)C)C2. The molecule has 4 aromatic rings. The molecule has 2 aromatic heterocycles. The summed E-state index contributed by atoms with van der Waals surface area (Å²) in [6, 6.07) is 17.1. The number of aromatic nitrogens is 1. The van der Waals surface area contributed by atoms with E-state index in [9.17, 15) is 9.59 Å². The molecule has 0 unspecified atom stereocenters. The fourth-order valence-corrected chi connectivity index (χ4v) is 6.75. The van der Waals surface area contributed by atoms with E-state index in [1.54, 1.807) is 6.07 Å². The van der Waals surface area contributed by atoms with Crippen LogP contribution in [0.25, 0.3) is 22.2 Å². The minimum absolute atomic E-state index is 0.0103. The van der Waals surface area contributed by atoms with Gasteiger partial charge in [-0.05, 0) is 74.3 Å². The Balaban J connectivity index is 1.57. The number of hydrogen-bond donors (Lipinski definition) is 1. The summed E-state index contributed by atoms with van der Waals surface area (Å²) in [4.78, 5) is 32.9. The predicted molar refractivity (Wildman–Crippen MR) is 162 cm³/mol. The van der Waals surface area contributed by atoms with Gasteiger partial charge in [-0.2, -0.15) is 0 Å². The van der Waals surface area contributed by atoms with Crippen molar-refractivity contribution < 1.29 is 19.1 Å². The number of anilines is 1. The van der Waals surface area contributed by atoms with Crippen molar-refractivity contribution in [3.63, 3.8) is 0 Å². The maximum absolute atomic E-state index is 14.0. The van der Waals surface area contributed by atoms with Gasteiger partial charge in [-0.15, -0.1) is 11.3 Å². The van der Waals surface area contributed by atoms with Crippen LogP contribution in [-0.2, 0) is 17.6 Å². The molecule has 1 aliphatic carbocycles. The Morgan fingerprint density at radius 3 is 2.52 bits per heavy atom. The summed E-state index contributed by atoms with van der Waals surface area (Å²) in [6.07, 6.45) is 2.67. The number of nitrogens with one attached hydrogen (secondary N) is 1. The predicted octanol–water partition coefficient (Wildman–Crippen LogP) is 7.94. The molecule has 0 saturated heterocycles. The van der Waals surface area contributed by atoms with Gasteiger partial charge in [-0.3, -0.25) is 4.79 Å². The third-order valence-corrected chi connectivity index (χ3v) is 8.76. The van der Waals surface area contributed by atoms with E-state index in [1.807, 2.05) is 62.4 Å². The van der Waals surface area contributed by atoms with Gasteiger partial charge in [-0.1, -0.05) is 51.1 Å². The highest BCUT2D eigenvalue weighted by molar-refractivity contribution is 7.17. The van der Waals surface area contributed by atoms with Gasteiger partial charge in [0.25, 0.3) is 5.91 Å². The minimum atomic E-state index is -0.415. The van der Waals surface area contributed by atoms with Crippen LogP contribution in [0.5, 0.6) is 5.75 Å². The average molecular weight is 557 g/mol. The topological polar surface area (TPSA) is 77.5 Å². The summed E-state index contributed by atoms with van der Waals surface area (Å²) in [6.45, 7) is 10.7. The highest BCUT2D eigenvalue weighted by Crippen LogP contribution is 2.45. The smallest absolute Gasteiger partial charge is 0.341 e. The van der Waals surface area contributed by atoms with Gasteiger partial charge in [-0.25, -0.2) is 9.78 Å². The third kappa shape index (κ3) is 5.48. The van der Waals surface area contributed by atoms with Gasteiger partial charge >= 0.3 is 5.97 Å². The number of rotatable bonds is 6. The number of benzene rings is 2. The Labute approximate surface area is 239 Å². The summed E-state index contributed by atoms with van der Waals surface area (Å²) >= 11 is 1.50. The number of carbonyl (C=O) groups is 2. The van der Waals surface area contributed by atoms with E-state index in [0.29, 0.717) is 39.0 Å². The van der Waals surface area contributed by atoms with Crippen LogP contribution in [-0.4, -0.2) is 30.1 Å². The Bertz CT molecular complexity index is 1580. The summed E-state index contributed by atoms with van der Waals surface area (Å²) in [5.41, 5.74) is 4.30. The maximum atomic E-state index is 14.0. The molecule has 40 heavy (non-hydrogen) atoms. The van der Waals surface area contributed by atoms with E-state index in [-0.39, 0.29) is 17.4 Å². The zero-order valence-electron chi connectivity index (χ0n) is 24.0. The molecule has 208 valence electrons. The molecule has 1 N–H and O–H groups in total. The number of esters is 1. The summed E-state index contributed by atoms with van der Waals surface area (Å²) < 4.78 is 11.2. The van der Waals surface area contributed by atoms with Gasteiger partial charge in [0.05, 0.1) is 35.6 Å². The van der Waals surface area contributed by atoms with Crippen molar-refractivity contribution in [3.05, 3.63) is 76.2 Å². The molecule has 7 heteroatoms. The number of hydrogen-bond acceptors (Lipinski definition) is 6.